The molecule has 3 aromatic rings. The number of nitrogens with zero attached hydrogens (tertiary/aromatic N) is 3. The average Bonchev–Trinajstić information content (AvgIpc) is 3.09. The summed E-state index contributed by atoms with van der Waals surface area (Å²) in [6, 6.07) is 12.5. The van der Waals surface area contributed by atoms with Crippen LogP contribution in [0.3, 0.4) is 0 Å². The molecule has 2 N–H and O–H groups in total. The van der Waals surface area contributed by atoms with E-state index in [1.165, 1.54) is 48.4 Å². The van der Waals surface area contributed by atoms with Crippen LogP contribution >= 0.6 is 0 Å². The summed E-state index contributed by atoms with van der Waals surface area (Å²) in [5.41, 5.74) is -0.142. The number of benzene rings is 2. The number of hydrogen-bond acceptors (Lipinski definition) is 7. The van der Waals surface area contributed by atoms with Crippen molar-refractivity contribution in [3.05, 3.63) is 77.9 Å². The Hall–Kier alpha value is -4.95. The molecule has 0 aliphatic carbocycles. The van der Waals surface area contributed by atoms with Crippen LogP contribution in [0.25, 0.3) is 0 Å². The molecule has 5 rings (SSSR count). The molecule has 1 aromatic heterocycles. The SMILES string of the molecule is CC(=O)N1CCC(O)(C#Cc2ccc3c(c2)N(C)C(=O)C(NC(=O)c2cc(Oc4ccc(F)cc4)ccn2)CO3)CC1. The fraction of sp³-hybridized carbons (Fsp3) is 0.290. The first-order valence-corrected chi connectivity index (χ1v) is 13.4. The first kappa shape index (κ1) is 28.6. The highest BCUT2D eigenvalue weighted by Gasteiger charge is 2.33. The number of fused-ring (bicyclic) bond motifs is 1. The van der Waals surface area contributed by atoms with Crippen molar-refractivity contribution in [2.75, 3.05) is 31.6 Å². The lowest BCUT2D eigenvalue weighted by atomic mass is 9.91. The van der Waals surface area contributed by atoms with Crippen LogP contribution in [0.4, 0.5) is 10.1 Å². The number of likely N-dealkylation sites (N-methyl/N-ethyl adjacent to an activating group) is 1. The zero-order chi connectivity index (χ0) is 29.9. The fourth-order valence-electron chi connectivity index (χ4n) is 4.65. The quantitative estimate of drug-likeness (QED) is 0.461. The molecule has 2 aliphatic heterocycles. The van der Waals surface area contributed by atoms with Crippen molar-refractivity contribution in [3.63, 3.8) is 0 Å². The number of aromatic nitrogens is 1. The Morgan fingerprint density at radius 1 is 1.12 bits per heavy atom. The number of hydrogen-bond donors (Lipinski definition) is 2. The van der Waals surface area contributed by atoms with Gasteiger partial charge in [0.2, 0.25) is 5.91 Å². The predicted molar refractivity (Wildman–Crippen MR) is 151 cm³/mol. The van der Waals surface area contributed by atoms with Crippen molar-refractivity contribution in [1.29, 1.82) is 0 Å². The predicted octanol–water partition coefficient (Wildman–Crippen LogP) is 2.89. The summed E-state index contributed by atoms with van der Waals surface area (Å²) in [5, 5.41) is 13.5. The molecule has 10 nitrogen and oxygen atoms in total. The number of ether oxygens (including phenoxy) is 2. The number of halogens is 1. The Kier molecular flexibility index (Phi) is 8.08. The number of likely N-dealkylation sites (tertiary alicyclic amines) is 1. The smallest absolute Gasteiger partial charge is 0.270 e. The summed E-state index contributed by atoms with van der Waals surface area (Å²) in [6.07, 6.45) is 2.10. The highest BCUT2D eigenvalue weighted by atomic mass is 19.1. The van der Waals surface area contributed by atoms with Crippen molar-refractivity contribution >= 4 is 23.4 Å². The lowest BCUT2D eigenvalue weighted by Crippen LogP contribution is -2.49. The summed E-state index contributed by atoms with van der Waals surface area (Å²) in [5.74, 6) is 5.63. The lowest BCUT2D eigenvalue weighted by Gasteiger charge is -2.34. The highest BCUT2D eigenvalue weighted by molar-refractivity contribution is 6.03. The van der Waals surface area contributed by atoms with Crippen LogP contribution in [0.15, 0.2) is 60.8 Å². The fourth-order valence-corrected chi connectivity index (χ4v) is 4.65. The number of carbonyl (C=O) groups is 3. The number of rotatable bonds is 4. The molecule has 1 unspecified atom stereocenters. The van der Waals surface area contributed by atoms with Gasteiger partial charge in [0, 0.05) is 57.7 Å². The van der Waals surface area contributed by atoms with E-state index in [4.69, 9.17) is 9.47 Å². The molecule has 0 radical (unpaired) electrons. The van der Waals surface area contributed by atoms with Gasteiger partial charge in [-0.05, 0) is 48.5 Å². The van der Waals surface area contributed by atoms with E-state index in [2.05, 4.69) is 22.1 Å². The van der Waals surface area contributed by atoms with Crippen LogP contribution in [-0.4, -0.2) is 71.1 Å². The normalized spacial score (nSPS) is 17.6. The van der Waals surface area contributed by atoms with Gasteiger partial charge in [-0.3, -0.25) is 19.4 Å². The molecule has 0 spiro atoms. The molecule has 216 valence electrons. The zero-order valence-corrected chi connectivity index (χ0v) is 23.1. The van der Waals surface area contributed by atoms with E-state index < -0.39 is 29.3 Å². The van der Waals surface area contributed by atoms with Crippen LogP contribution in [0.1, 0.15) is 35.8 Å². The number of amides is 3. The first-order valence-electron chi connectivity index (χ1n) is 13.4. The number of piperidine rings is 1. The van der Waals surface area contributed by atoms with Gasteiger partial charge in [-0.1, -0.05) is 11.8 Å². The second kappa shape index (κ2) is 11.9. The van der Waals surface area contributed by atoms with E-state index in [-0.39, 0.29) is 18.2 Å². The minimum absolute atomic E-state index is 0.0245. The van der Waals surface area contributed by atoms with Gasteiger partial charge in [-0.2, -0.15) is 0 Å². The molecule has 1 fully saturated rings. The van der Waals surface area contributed by atoms with Crippen LogP contribution in [0.2, 0.25) is 0 Å². The number of anilines is 1. The third-order valence-electron chi connectivity index (χ3n) is 7.15. The molecule has 1 saturated heterocycles. The second-order valence-electron chi connectivity index (χ2n) is 10.1. The zero-order valence-electron chi connectivity index (χ0n) is 23.1. The Bertz CT molecular complexity index is 1570. The second-order valence-corrected chi connectivity index (χ2v) is 10.1. The van der Waals surface area contributed by atoms with Crippen molar-refractivity contribution in [2.24, 2.45) is 0 Å². The van der Waals surface area contributed by atoms with Gasteiger partial charge in [0.1, 0.15) is 47.0 Å². The number of nitrogens with one attached hydrogen (secondary N) is 1. The standard InChI is InChI=1S/C31H29FN4O6/c1-20(37)36-15-12-31(40,13-16-36)11-9-21-3-8-28-27(17-21)35(2)30(39)26(19-41-28)34-29(38)25-18-24(10-14-33-25)42-23-6-4-22(32)5-7-23/h3-8,10,14,17-18,26,40H,12-13,15-16,19H2,1-2H3,(H,34,38). The maximum absolute atomic E-state index is 13.3. The third kappa shape index (κ3) is 6.50. The Morgan fingerprint density at radius 3 is 2.57 bits per heavy atom. The average molecular weight is 573 g/mol. The van der Waals surface area contributed by atoms with Crippen molar-refractivity contribution in [3.8, 4) is 29.1 Å². The molecule has 2 aliphatic rings. The molecule has 11 heteroatoms. The van der Waals surface area contributed by atoms with E-state index in [0.717, 1.165) is 0 Å². The van der Waals surface area contributed by atoms with Crippen molar-refractivity contribution in [2.45, 2.75) is 31.4 Å². The van der Waals surface area contributed by atoms with Crippen molar-refractivity contribution in [1.82, 2.24) is 15.2 Å². The van der Waals surface area contributed by atoms with Gasteiger partial charge in [0.05, 0.1) is 5.69 Å². The lowest BCUT2D eigenvalue weighted by molar-refractivity contribution is -0.131. The summed E-state index contributed by atoms with van der Waals surface area (Å²) in [6.45, 7) is 2.27. The highest BCUT2D eigenvalue weighted by Crippen LogP contribution is 2.32. The Balaban J connectivity index is 1.25. The van der Waals surface area contributed by atoms with E-state index in [9.17, 15) is 23.9 Å². The minimum Gasteiger partial charge on any atom is -0.489 e. The third-order valence-corrected chi connectivity index (χ3v) is 7.15. The van der Waals surface area contributed by atoms with Crippen LogP contribution in [-0.2, 0) is 9.59 Å². The molecule has 3 amide bonds. The summed E-state index contributed by atoms with van der Waals surface area (Å²) >= 11 is 0. The van der Waals surface area contributed by atoms with E-state index in [1.807, 2.05) is 0 Å². The maximum Gasteiger partial charge on any atom is 0.270 e. The van der Waals surface area contributed by atoms with E-state index >= 15 is 0 Å². The molecular weight excluding hydrogens is 543 g/mol. The molecule has 0 saturated carbocycles. The van der Waals surface area contributed by atoms with Crippen LogP contribution < -0.4 is 19.7 Å². The van der Waals surface area contributed by atoms with Gasteiger partial charge in [0.25, 0.3) is 11.8 Å². The van der Waals surface area contributed by atoms with Gasteiger partial charge >= 0.3 is 0 Å². The molecule has 3 heterocycles. The monoisotopic (exact) mass is 572 g/mol. The minimum atomic E-state index is -1.21. The number of aliphatic hydroxyl groups is 1. The van der Waals surface area contributed by atoms with Gasteiger partial charge in [-0.15, -0.1) is 0 Å². The van der Waals surface area contributed by atoms with E-state index in [0.29, 0.717) is 54.4 Å². The molecule has 1 atom stereocenters. The van der Waals surface area contributed by atoms with Gasteiger partial charge in [-0.25, -0.2) is 4.39 Å². The van der Waals surface area contributed by atoms with Crippen LogP contribution in [0.5, 0.6) is 17.2 Å². The molecular formula is C31H29FN4O6. The van der Waals surface area contributed by atoms with Gasteiger partial charge in [0.15, 0.2) is 0 Å². The molecule has 42 heavy (non-hydrogen) atoms. The molecule has 2 aromatic carbocycles. The topological polar surface area (TPSA) is 121 Å². The maximum atomic E-state index is 13.3. The largest absolute Gasteiger partial charge is 0.489 e. The summed E-state index contributed by atoms with van der Waals surface area (Å²) in [4.78, 5) is 45.0. The number of pyridine rings is 1. The van der Waals surface area contributed by atoms with Crippen molar-refractivity contribution < 1.29 is 33.4 Å². The van der Waals surface area contributed by atoms with Gasteiger partial charge < -0.3 is 29.7 Å². The summed E-state index contributed by atoms with van der Waals surface area (Å²) in [7, 11) is 1.58. The first-order chi connectivity index (χ1) is 20.1. The number of carbonyl (C=O) groups excluding carboxylic acids is 3. The summed E-state index contributed by atoms with van der Waals surface area (Å²) < 4.78 is 24.7. The Morgan fingerprint density at radius 2 is 1.86 bits per heavy atom. The molecule has 0 bridgehead atoms. The Labute approximate surface area is 242 Å². The van der Waals surface area contributed by atoms with E-state index in [1.54, 1.807) is 36.2 Å². The van der Waals surface area contributed by atoms with Crippen LogP contribution in [0, 0.1) is 17.7 Å².